The van der Waals surface area contributed by atoms with Crippen LogP contribution < -0.4 is 10.6 Å². The average Bonchev–Trinajstić information content (AvgIpc) is 3.24. The van der Waals surface area contributed by atoms with Crippen LogP contribution in [0.4, 0.5) is 5.82 Å². The van der Waals surface area contributed by atoms with Gasteiger partial charge in [0.2, 0.25) is 0 Å². The summed E-state index contributed by atoms with van der Waals surface area (Å²) in [4.78, 5) is 41.5. The van der Waals surface area contributed by atoms with Crippen LogP contribution in [0.5, 0.6) is 0 Å². The molecular weight excluding hydrogens is 484 g/mol. The maximum Gasteiger partial charge on any atom is 0.337 e. The largest absolute Gasteiger partial charge is 0.480 e. The van der Waals surface area contributed by atoms with E-state index in [4.69, 9.17) is 9.72 Å². The summed E-state index contributed by atoms with van der Waals surface area (Å²) in [6, 6.07) is 18.2. The summed E-state index contributed by atoms with van der Waals surface area (Å²) in [7, 11) is 1.33. The highest BCUT2D eigenvalue weighted by Crippen LogP contribution is 2.31. The predicted octanol–water partition coefficient (Wildman–Crippen LogP) is 4.42. The second-order valence-corrected chi connectivity index (χ2v) is 9.95. The summed E-state index contributed by atoms with van der Waals surface area (Å²) < 4.78 is 6.62. The summed E-state index contributed by atoms with van der Waals surface area (Å²) in [5, 5.41) is 15.8. The predicted molar refractivity (Wildman–Crippen MR) is 144 cm³/mol. The highest BCUT2D eigenvalue weighted by Gasteiger charge is 2.23. The summed E-state index contributed by atoms with van der Waals surface area (Å²) in [5.74, 6) is -1.33. The Bertz CT molecular complexity index is 1470. The third kappa shape index (κ3) is 6.00. The first kappa shape index (κ1) is 26.4. The van der Waals surface area contributed by atoms with Crippen molar-refractivity contribution < 1.29 is 24.2 Å². The number of amides is 1. The number of carboxylic acid groups (broad SMARTS) is 1. The number of aliphatic carboxylic acids is 1. The fourth-order valence-corrected chi connectivity index (χ4v) is 4.04. The summed E-state index contributed by atoms with van der Waals surface area (Å²) >= 11 is 0. The number of pyridine rings is 1. The molecule has 0 aliphatic heterocycles. The number of aromatic nitrogens is 2. The van der Waals surface area contributed by atoms with Gasteiger partial charge in [0.05, 0.1) is 12.7 Å². The molecule has 0 radical (unpaired) electrons. The van der Waals surface area contributed by atoms with Crippen molar-refractivity contribution in [2.24, 2.45) is 0 Å². The van der Waals surface area contributed by atoms with Crippen LogP contribution in [0.25, 0.3) is 16.9 Å². The lowest BCUT2D eigenvalue weighted by Gasteiger charge is -2.22. The Morgan fingerprint density at radius 1 is 1.00 bits per heavy atom. The van der Waals surface area contributed by atoms with Gasteiger partial charge in [0, 0.05) is 29.3 Å². The molecule has 1 atom stereocenters. The van der Waals surface area contributed by atoms with Gasteiger partial charge in [-0.25, -0.2) is 14.6 Å². The van der Waals surface area contributed by atoms with Gasteiger partial charge in [0.15, 0.2) is 0 Å². The number of benzene rings is 2. The molecule has 2 heterocycles. The Labute approximate surface area is 220 Å². The van der Waals surface area contributed by atoms with Gasteiger partial charge in [0.1, 0.15) is 23.2 Å². The zero-order chi connectivity index (χ0) is 27.4. The van der Waals surface area contributed by atoms with Crippen LogP contribution in [0.2, 0.25) is 0 Å². The van der Waals surface area contributed by atoms with Crippen LogP contribution in [0.3, 0.4) is 0 Å². The first-order chi connectivity index (χ1) is 18.1. The molecule has 2 aromatic carbocycles. The number of fused-ring (bicyclic) bond motifs is 1. The molecule has 0 saturated carbocycles. The van der Waals surface area contributed by atoms with Crippen LogP contribution in [0.1, 0.15) is 47.1 Å². The Morgan fingerprint density at radius 3 is 2.29 bits per heavy atom. The van der Waals surface area contributed by atoms with Crippen LogP contribution in [-0.4, -0.2) is 51.0 Å². The van der Waals surface area contributed by atoms with Crippen LogP contribution in [0, 0.1) is 0 Å². The van der Waals surface area contributed by atoms with E-state index in [0.717, 1.165) is 16.9 Å². The molecule has 0 saturated heterocycles. The normalized spacial score (nSPS) is 12.1. The van der Waals surface area contributed by atoms with Crippen molar-refractivity contribution in [3.8, 4) is 11.3 Å². The van der Waals surface area contributed by atoms with E-state index in [0.29, 0.717) is 16.9 Å². The molecular formula is C29H30N4O5. The van der Waals surface area contributed by atoms with Crippen molar-refractivity contribution in [1.29, 1.82) is 0 Å². The Balaban J connectivity index is 1.67. The van der Waals surface area contributed by atoms with Gasteiger partial charge >= 0.3 is 11.9 Å². The standard InChI is InChI=1S/C29H30N4O5/c1-29(2,3)32-25-24(19-10-12-20(13-11-19)28(37)38-4)31-23-17-21(14-15-33(23)25)26(34)30-22(27(35)36)16-18-8-6-5-7-9-18/h5-15,17,22,32H,16H2,1-4H3,(H,30,34)(H,35,36). The lowest BCUT2D eigenvalue weighted by Crippen LogP contribution is -2.42. The van der Waals surface area contributed by atoms with E-state index in [9.17, 15) is 19.5 Å². The van der Waals surface area contributed by atoms with Gasteiger partial charge in [-0.15, -0.1) is 0 Å². The number of methoxy groups -OCH3 is 1. The Kier molecular flexibility index (Phi) is 7.47. The quantitative estimate of drug-likeness (QED) is 0.298. The van der Waals surface area contributed by atoms with Crippen LogP contribution in [0.15, 0.2) is 72.9 Å². The summed E-state index contributed by atoms with van der Waals surface area (Å²) in [6.07, 6.45) is 1.89. The Morgan fingerprint density at radius 2 is 1.68 bits per heavy atom. The zero-order valence-electron chi connectivity index (χ0n) is 21.7. The molecule has 4 rings (SSSR count). The number of anilines is 1. The van der Waals surface area contributed by atoms with E-state index in [1.807, 2.05) is 55.5 Å². The third-order valence-corrected chi connectivity index (χ3v) is 5.85. The minimum atomic E-state index is -1.11. The maximum absolute atomic E-state index is 13.0. The number of carbonyl (C=O) groups is 3. The molecule has 3 N–H and O–H groups in total. The highest BCUT2D eigenvalue weighted by molar-refractivity contribution is 5.97. The fourth-order valence-electron chi connectivity index (χ4n) is 4.04. The molecule has 0 fully saturated rings. The molecule has 0 aliphatic carbocycles. The minimum absolute atomic E-state index is 0.166. The molecule has 9 nitrogen and oxygen atoms in total. The first-order valence-corrected chi connectivity index (χ1v) is 12.1. The number of nitrogens with one attached hydrogen (secondary N) is 2. The number of imidazole rings is 1. The molecule has 2 aromatic heterocycles. The molecule has 196 valence electrons. The SMILES string of the molecule is COC(=O)c1ccc(-c2nc3cc(C(=O)NC(Cc4ccccc4)C(=O)O)ccn3c2NC(C)(C)C)cc1. The number of carboxylic acids is 1. The lowest BCUT2D eigenvalue weighted by molar-refractivity contribution is -0.139. The second-order valence-electron chi connectivity index (χ2n) is 9.95. The van der Waals surface area contributed by atoms with E-state index in [-0.39, 0.29) is 17.5 Å². The van der Waals surface area contributed by atoms with Gasteiger partial charge in [-0.3, -0.25) is 9.20 Å². The van der Waals surface area contributed by atoms with E-state index in [1.54, 1.807) is 42.6 Å². The van der Waals surface area contributed by atoms with Gasteiger partial charge in [0.25, 0.3) is 5.91 Å². The third-order valence-electron chi connectivity index (χ3n) is 5.85. The summed E-state index contributed by atoms with van der Waals surface area (Å²) in [6.45, 7) is 6.07. The van der Waals surface area contributed by atoms with Crippen molar-refractivity contribution in [1.82, 2.24) is 14.7 Å². The van der Waals surface area contributed by atoms with Crippen molar-refractivity contribution in [2.45, 2.75) is 38.8 Å². The van der Waals surface area contributed by atoms with Gasteiger partial charge in [-0.1, -0.05) is 42.5 Å². The van der Waals surface area contributed by atoms with Gasteiger partial charge in [-0.05, 0) is 50.6 Å². The molecule has 4 aromatic rings. The van der Waals surface area contributed by atoms with Crippen molar-refractivity contribution in [2.75, 3.05) is 12.4 Å². The molecule has 38 heavy (non-hydrogen) atoms. The maximum atomic E-state index is 13.0. The average molecular weight is 515 g/mol. The van der Waals surface area contributed by atoms with E-state index < -0.39 is 23.9 Å². The van der Waals surface area contributed by atoms with Crippen molar-refractivity contribution in [3.63, 3.8) is 0 Å². The molecule has 1 amide bonds. The summed E-state index contributed by atoms with van der Waals surface area (Å²) in [5.41, 5.74) is 3.15. The first-order valence-electron chi connectivity index (χ1n) is 12.1. The van der Waals surface area contributed by atoms with E-state index in [1.165, 1.54) is 7.11 Å². The molecule has 0 spiro atoms. The molecule has 0 bridgehead atoms. The van der Waals surface area contributed by atoms with Gasteiger partial charge in [-0.2, -0.15) is 0 Å². The number of carbonyl (C=O) groups excluding carboxylic acids is 2. The molecule has 9 heteroatoms. The molecule has 1 unspecified atom stereocenters. The highest BCUT2D eigenvalue weighted by atomic mass is 16.5. The topological polar surface area (TPSA) is 122 Å². The number of nitrogens with zero attached hydrogens (tertiary/aromatic N) is 2. The number of rotatable bonds is 8. The molecule has 0 aliphatic rings. The van der Waals surface area contributed by atoms with Gasteiger partial charge < -0.3 is 20.5 Å². The zero-order valence-corrected chi connectivity index (χ0v) is 21.7. The number of hydrogen-bond donors (Lipinski definition) is 3. The number of hydrogen-bond acceptors (Lipinski definition) is 6. The van der Waals surface area contributed by atoms with Crippen LogP contribution >= 0.6 is 0 Å². The monoisotopic (exact) mass is 514 g/mol. The van der Waals surface area contributed by atoms with E-state index >= 15 is 0 Å². The Hall–Kier alpha value is -4.66. The van der Waals surface area contributed by atoms with Crippen molar-refractivity contribution >= 4 is 29.3 Å². The van der Waals surface area contributed by atoms with Crippen LogP contribution in [-0.2, 0) is 16.0 Å². The van der Waals surface area contributed by atoms with Crippen molar-refractivity contribution in [3.05, 3.63) is 89.6 Å². The van der Waals surface area contributed by atoms with E-state index in [2.05, 4.69) is 10.6 Å². The lowest BCUT2D eigenvalue weighted by atomic mass is 10.1. The number of ether oxygens (including phenoxy) is 1. The number of esters is 1. The minimum Gasteiger partial charge on any atom is -0.480 e. The fraction of sp³-hybridized carbons (Fsp3) is 0.241. The second kappa shape index (κ2) is 10.8. The smallest absolute Gasteiger partial charge is 0.337 e.